The molecule has 34 heteroatoms. The molecular weight excluding hydrogens is 1510 g/mol. The number of likely N-dealkylation sites (N-methyl/N-ethyl adjacent to an activating group) is 2. The lowest BCUT2D eigenvalue weighted by Crippen LogP contribution is -2.60. The van der Waals surface area contributed by atoms with E-state index in [1.54, 1.807) is 54.1 Å². The van der Waals surface area contributed by atoms with Gasteiger partial charge in [-0.05, 0) is 203 Å². The summed E-state index contributed by atoms with van der Waals surface area (Å²) in [5.41, 5.74) is 6.34. The van der Waals surface area contributed by atoms with Gasteiger partial charge in [0.2, 0.25) is 0 Å². The highest BCUT2D eigenvalue weighted by atomic mass is 32.2. The smallest absolute Gasteiger partial charge is 0.410 e. The van der Waals surface area contributed by atoms with Crippen LogP contribution in [-0.2, 0) is 73.1 Å². The van der Waals surface area contributed by atoms with Crippen LogP contribution in [0, 0.1) is 24.2 Å². The molecule has 6 aliphatic heterocycles. The van der Waals surface area contributed by atoms with Crippen LogP contribution in [0.15, 0.2) is 60.1 Å². The van der Waals surface area contributed by atoms with Crippen molar-refractivity contribution < 1.29 is 90.2 Å². The number of aliphatic hydroxyl groups is 2. The van der Waals surface area contributed by atoms with Crippen LogP contribution in [0.1, 0.15) is 179 Å². The topological polar surface area (TPSA) is 377 Å². The predicted octanol–water partition coefficient (Wildman–Crippen LogP) is 9.46. The van der Waals surface area contributed by atoms with Crippen molar-refractivity contribution in [1.29, 1.82) is 0 Å². The lowest BCUT2D eigenvalue weighted by Gasteiger charge is -2.45. The Hall–Kier alpha value is -7.07. The molecule has 4 N–H and O–H groups in total. The number of amides is 2. The number of azide groups is 1. The Kier molecular flexibility index (Phi) is 38.5. The molecule has 3 aromatic heterocycles. The number of ketones is 2. The highest BCUT2D eigenvalue weighted by molar-refractivity contribution is 7.93. The van der Waals surface area contributed by atoms with Gasteiger partial charge in [0, 0.05) is 113 Å². The molecule has 115 heavy (non-hydrogen) atoms. The minimum absolute atomic E-state index is 0.00983. The van der Waals surface area contributed by atoms with Gasteiger partial charge >= 0.3 is 24.1 Å². The van der Waals surface area contributed by atoms with Gasteiger partial charge in [-0.25, -0.2) is 14.6 Å². The SMILES string of the molecule is C#Cc1ccccn1.CC[C@H]1OC(=O)CC(=O)C[C@@H](O[C@@H]2OC(C)CC(N(C)C)C2O)[C@](C)(OC)C[C@@H](C)CN[C@H](C)[C@H]2N(CCCCN=[N+]=[N-])C(=O)O[C@]12C.CC[C@H]1OC(=O)CC(=O)C[C@@H](O[C@@H]2OC(C)CC(N(C)C)C2O)[C@](C)(OC)C[C@@H](C)CN[C@H](C)[C@H]2N(CCCCn3cc(-c4ccccn4)nn3)C(=O)O[C@]12C.CSF. The summed E-state index contributed by atoms with van der Waals surface area (Å²) in [6, 6.07) is 9.14. The number of pyridine rings is 2. The van der Waals surface area contributed by atoms with Crippen LogP contribution in [0.25, 0.3) is 21.8 Å². The van der Waals surface area contributed by atoms with E-state index in [1.807, 2.05) is 137 Å². The molecule has 0 bridgehead atoms. The second-order valence-corrected chi connectivity index (χ2v) is 32.7. The maximum absolute atomic E-state index is 13.7. The van der Waals surface area contributed by atoms with Crippen molar-refractivity contribution >= 4 is 47.8 Å². The average Bonchev–Trinajstić information content (AvgIpc) is 1.57. The number of carbonyl (C=O) groups is 6. The number of halogens is 1. The third kappa shape index (κ3) is 26.7. The normalized spacial score (nSPS) is 34.0. The van der Waals surface area contributed by atoms with Crippen molar-refractivity contribution in [3.63, 3.8) is 0 Å². The van der Waals surface area contributed by atoms with Gasteiger partial charge in [-0.2, -0.15) is 3.89 Å². The summed E-state index contributed by atoms with van der Waals surface area (Å²) >= 11 is 0.250. The first-order valence-electron chi connectivity index (χ1n) is 40.2. The number of Topliss-reactive ketones (excluding diaryl/α,β-unsaturated/α-hetero) is 2. The number of aliphatic hydroxyl groups excluding tert-OH is 2. The Labute approximate surface area is 682 Å². The van der Waals surface area contributed by atoms with Crippen LogP contribution < -0.4 is 10.6 Å². The third-order valence-electron chi connectivity index (χ3n) is 22.8. The highest BCUT2D eigenvalue weighted by Gasteiger charge is 2.60. The molecule has 9 heterocycles. The number of hydrogen-bond acceptors (Lipinski definition) is 28. The number of carbonyl (C=O) groups excluding carboxylic acids is 6. The predicted molar refractivity (Wildman–Crippen MR) is 430 cm³/mol. The number of aryl methyl sites for hydroxylation is 1. The molecule has 2 amide bonds. The van der Waals surface area contributed by atoms with E-state index < -0.39 is 132 Å². The molecular formula is C81H129FN14O18S. The van der Waals surface area contributed by atoms with E-state index in [0.29, 0.717) is 108 Å². The summed E-state index contributed by atoms with van der Waals surface area (Å²) in [7, 11) is 10.7. The van der Waals surface area contributed by atoms with Crippen molar-refractivity contribution in [3.05, 3.63) is 71.1 Å². The number of nitrogens with zero attached hydrogens (tertiary/aromatic N) is 12. The molecule has 0 spiro atoms. The second-order valence-electron chi connectivity index (χ2n) is 32.4. The van der Waals surface area contributed by atoms with Gasteiger partial charge in [-0.3, -0.25) is 38.6 Å². The fraction of sp³-hybridized carbons (Fsp3) is 0.753. The maximum atomic E-state index is 13.7. The standard InChI is InChI=1S/C40H63N7O9.C33H58N6O9.C7H5N.CH3FS/c1-10-32-40(6)36(47(38(51)56-40)18-14-13-17-46-24-30(43-44-46)29-15-11-12-16-41-29)27(4)42-23-25(2)22-39(5,52-9)33(20-28(48)21-34(49)54-32)55-37-35(50)31(45(7)8)19-26(3)53-37;1-10-25-33(6)29(39(31(43)48-33)14-12-11-13-36-37-34)22(4)35-19-20(2)18-32(5,44-9)26(16-23(40)17-27(41)46-25)47-30-28(42)24(38(7)8)15-21(3)45-30;1-2-7-5-3-4-6-8-7;1-3-2/h11-12,15-16,24-27,31-33,35-37,42,50H,10,13-14,17-23H2,1-9H3;20-22,24-26,28-30,35,42H,10-19H2,1-9H3;1,3-6H;1H3/t25-,26?,27-,31?,32-,33-,35?,36-,37+,39-,40-;20-,21?,22-,24?,25-,26-,28?,29-,30+,32-,33-;;/m11../s1. The number of nitrogens with one attached hydrogen (secondary N) is 2. The van der Waals surface area contributed by atoms with Gasteiger partial charge in [-0.1, -0.05) is 56.1 Å². The summed E-state index contributed by atoms with van der Waals surface area (Å²) in [6.07, 6.45) is 7.13. The fourth-order valence-electron chi connectivity index (χ4n) is 16.7. The molecule has 6 fully saturated rings. The van der Waals surface area contributed by atoms with Crippen LogP contribution >= 0.6 is 12.1 Å². The number of ether oxygens (including phenoxy) is 10. The lowest BCUT2D eigenvalue weighted by atomic mass is 9.83. The summed E-state index contributed by atoms with van der Waals surface area (Å²) < 4.78 is 73.5. The van der Waals surface area contributed by atoms with Crippen LogP contribution in [-0.4, -0.2) is 292 Å². The summed E-state index contributed by atoms with van der Waals surface area (Å²) in [5, 5.41) is 41.9. The van der Waals surface area contributed by atoms with Crippen LogP contribution in [0.5, 0.6) is 0 Å². The molecule has 0 aromatic carbocycles. The first kappa shape index (κ1) is 96.8. The second kappa shape index (κ2) is 45.8. The summed E-state index contributed by atoms with van der Waals surface area (Å²) in [6.45, 7) is 25.8. The number of fused-ring (bicyclic) bond motifs is 2. The third-order valence-corrected chi connectivity index (χ3v) is 22.8. The summed E-state index contributed by atoms with van der Waals surface area (Å²) in [4.78, 5) is 99.4. The van der Waals surface area contributed by atoms with E-state index >= 15 is 0 Å². The summed E-state index contributed by atoms with van der Waals surface area (Å²) in [5.74, 6) is 0.178. The molecule has 0 saturated carbocycles. The van der Waals surface area contributed by atoms with Crippen molar-refractivity contribution in [2.24, 2.45) is 17.0 Å². The molecule has 3 aromatic rings. The highest BCUT2D eigenvalue weighted by Crippen LogP contribution is 2.42. The van der Waals surface area contributed by atoms with E-state index in [1.165, 1.54) is 6.26 Å². The Morgan fingerprint density at radius 1 is 0.678 bits per heavy atom. The Morgan fingerprint density at radius 2 is 1.11 bits per heavy atom. The lowest BCUT2D eigenvalue weighted by molar-refractivity contribution is -0.289. The van der Waals surface area contributed by atoms with Crippen LogP contribution in [0.3, 0.4) is 0 Å². The molecule has 0 radical (unpaired) electrons. The number of terminal acetylenes is 1. The van der Waals surface area contributed by atoms with Gasteiger partial charge in [0.25, 0.3) is 0 Å². The zero-order valence-corrected chi connectivity index (χ0v) is 71.7. The van der Waals surface area contributed by atoms with Crippen LogP contribution in [0.4, 0.5) is 13.5 Å². The number of aromatic nitrogens is 5. The zero-order chi connectivity index (χ0) is 85.1. The van der Waals surface area contributed by atoms with Crippen molar-refractivity contribution in [2.45, 2.75) is 300 Å². The Balaban J connectivity index is 0.000000318. The van der Waals surface area contributed by atoms with E-state index in [0.717, 1.165) is 12.1 Å². The molecule has 0 aliphatic carbocycles. The van der Waals surface area contributed by atoms with E-state index in [-0.39, 0.29) is 73.2 Å². The zero-order valence-electron chi connectivity index (χ0n) is 70.9. The first-order valence-corrected chi connectivity index (χ1v) is 41.3. The largest absolute Gasteiger partial charge is 0.458 e. The maximum Gasteiger partial charge on any atom is 0.410 e. The van der Waals surface area contributed by atoms with Crippen LogP contribution in [0.2, 0.25) is 0 Å². The molecule has 22 atom stereocenters. The quantitative estimate of drug-likeness (QED) is 0.0113. The Morgan fingerprint density at radius 3 is 1.50 bits per heavy atom. The van der Waals surface area contributed by atoms with Gasteiger partial charge in [0.05, 0.1) is 59.6 Å². The Bertz CT molecular complexity index is 3630. The number of unbranched alkanes of at least 4 members (excludes halogenated alkanes) is 2. The van der Waals surface area contributed by atoms with Gasteiger partial charge in [-0.15, -0.1) is 11.5 Å². The molecule has 644 valence electrons. The number of rotatable bonds is 21. The van der Waals surface area contributed by atoms with Crippen molar-refractivity contribution in [1.82, 2.24) is 55.2 Å². The minimum atomic E-state index is -1.20. The van der Waals surface area contributed by atoms with Gasteiger partial charge in [0.15, 0.2) is 23.8 Å². The van der Waals surface area contributed by atoms with E-state index in [9.17, 15) is 42.9 Å². The first-order chi connectivity index (χ1) is 54.5. The van der Waals surface area contributed by atoms with Gasteiger partial charge in [0.1, 0.15) is 60.2 Å². The van der Waals surface area contributed by atoms with E-state index in [4.69, 9.17) is 59.3 Å². The van der Waals surface area contributed by atoms with E-state index in [2.05, 4.69) is 60.7 Å². The van der Waals surface area contributed by atoms with Gasteiger partial charge < -0.3 is 78.0 Å². The monoisotopic (exact) mass is 1640 g/mol. The molecule has 6 unspecified atom stereocenters. The molecule has 9 rings (SSSR count). The fourth-order valence-corrected chi connectivity index (χ4v) is 16.7. The number of methoxy groups -OCH3 is 2. The van der Waals surface area contributed by atoms with Crippen molar-refractivity contribution in [2.75, 3.05) is 81.4 Å². The average molecular weight is 1640 g/mol. The van der Waals surface area contributed by atoms with Crippen molar-refractivity contribution in [3.8, 4) is 23.7 Å². The number of hydrogen-bond donors (Lipinski definition) is 4. The minimum Gasteiger partial charge on any atom is -0.458 e. The number of esters is 2. The molecule has 6 aliphatic rings. The number of cyclic esters (lactones) is 2. The molecule has 6 saturated heterocycles. The molecule has 32 nitrogen and oxygen atoms in total.